The molecular weight excluding hydrogens is 117 g/mol. The summed E-state index contributed by atoms with van der Waals surface area (Å²) in [5.74, 6) is 0. The van der Waals surface area contributed by atoms with E-state index in [4.69, 9.17) is 5.73 Å². The fourth-order valence-electron chi connectivity index (χ4n) is 1.24. The van der Waals surface area contributed by atoms with Gasteiger partial charge in [0.05, 0.1) is 0 Å². The van der Waals surface area contributed by atoms with Crippen LogP contribution < -0.4 is 5.73 Å². The smallest absolute Gasteiger partial charge is 0.100 e. The van der Waals surface area contributed by atoms with Gasteiger partial charge in [-0.25, -0.2) is 4.39 Å². The predicted molar refractivity (Wildman–Crippen MR) is 36.0 cm³/mol. The number of hydrogen-bond acceptors (Lipinski definition) is 1. The minimum atomic E-state index is -0.582. The maximum absolute atomic E-state index is 12.5. The first kappa shape index (κ1) is 7.00. The van der Waals surface area contributed by atoms with Crippen molar-refractivity contribution in [3.63, 3.8) is 0 Å². The lowest BCUT2D eigenvalue weighted by molar-refractivity contribution is 0.194. The van der Waals surface area contributed by atoms with E-state index in [0.29, 0.717) is 12.8 Å². The number of rotatable bonds is 0. The number of nitrogens with two attached hydrogens (primary N) is 1. The summed E-state index contributed by atoms with van der Waals surface area (Å²) in [5.41, 5.74) is 5.69. The molecule has 0 spiro atoms. The van der Waals surface area contributed by atoms with Crippen molar-refractivity contribution >= 4 is 0 Å². The van der Waals surface area contributed by atoms with Gasteiger partial charge >= 0.3 is 0 Å². The van der Waals surface area contributed by atoms with Gasteiger partial charge in [-0.1, -0.05) is 0 Å². The minimum Gasteiger partial charge on any atom is -0.325 e. The van der Waals surface area contributed by atoms with Crippen molar-refractivity contribution in [2.24, 2.45) is 5.73 Å². The largest absolute Gasteiger partial charge is 0.325 e. The van der Waals surface area contributed by atoms with Crippen LogP contribution in [-0.4, -0.2) is 11.7 Å². The summed E-state index contributed by atoms with van der Waals surface area (Å²) in [6, 6.07) is 0. The Labute approximate surface area is 55.4 Å². The lowest BCUT2D eigenvalue weighted by Gasteiger charge is -2.30. The molecule has 1 fully saturated rings. The highest BCUT2D eigenvalue weighted by molar-refractivity contribution is 4.85. The molecule has 1 aliphatic carbocycles. The van der Waals surface area contributed by atoms with E-state index in [1.165, 1.54) is 0 Å². The predicted octanol–water partition coefficient (Wildman–Crippen LogP) is 1.62. The molecule has 0 radical (unpaired) electrons. The lowest BCUT2D eigenvalue weighted by atomic mass is 9.83. The van der Waals surface area contributed by atoms with Gasteiger partial charge in [0.15, 0.2) is 0 Å². The standard InChI is InChI=1S/C7H14FN/c1-7(9)4-2-6(8)3-5-7/h6H,2-5,9H2,1H3. The van der Waals surface area contributed by atoms with Crippen LogP contribution >= 0.6 is 0 Å². The van der Waals surface area contributed by atoms with Crippen LogP contribution in [0.4, 0.5) is 4.39 Å². The molecule has 0 amide bonds. The van der Waals surface area contributed by atoms with Crippen LogP contribution in [0, 0.1) is 0 Å². The van der Waals surface area contributed by atoms with Gasteiger partial charge in [-0.15, -0.1) is 0 Å². The molecule has 0 heterocycles. The van der Waals surface area contributed by atoms with Gasteiger partial charge in [-0.2, -0.15) is 0 Å². The maximum Gasteiger partial charge on any atom is 0.100 e. The molecular formula is C7H14FN. The molecule has 1 rings (SSSR count). The van der Waals surface area contributed by atoms with E-state index < -0.39 is 6.17 Å². The highest BCUT2D eigenvalue weighted by atomic mass is 19.1. The second-order valence-corrected chi connectivity index (χ2v) is 3.33. The minimum absolute atomic E-state index is 0.0808. The van der Waals surface area contributed by atoms with Crippen molar-refractivity contribution in [2.75, 3.05) is 0 Å². The van der Waals surface area contributed by atoms with Crippen molar-refractivity contribution in [3.05, 3.63) is 0 Å². The molecule has 0 bridgehead atoms. The van der Waals surface area contributed by atoms with E-state index in [1.54, 1.807) is 0 Å². The molecule has 0 aromatic heterocycles. The molecule has 0 aromatic rings. The van der Waals surface area contributed by atoms with Gasteiger partial charge in [0.1, 0.15) is 6.17 Å². The third kappa shape index (κ3) is 1.94. The van der Waals surface area contributed by atoms with Crippen LogP contribution in [0.2, 0.25) is 0 Å². The van der Waals surface area contributed by atoms with E-state index >= 15 is 0 Å². The summed E-state index contributed by atoms with van der Waals surface area (Å²) in [5, 5.41) is 0. The van der Waals surface area contributed by atoms with Crippen molar-refractivity contribution in [1.29, 1.82) is 0 Å². The first-order valence-electron chi connectivity index (χ1n) is 3.53. The number of hydrogen-bond donors (Lipinski definition) is 1. The van der Waals surface area contributed by atoms with Gasteiger partial charge < -0.3 is 5.73 Å². The first-order chi connectivity index (χ1) is 4.10. The van der Waals surface area contributed by atoms with Crippen LogP contribution in [0.5, 0.6) is 0 Å². The topological polar surface area (TPSA) is 26.0 Å². The Morgan fingerprint density at radius 1 is 1.44 bits per heavy atom. The van der Waals surface area contributed by atoms with Gasteiger partial charge in [0.25, 0.3) is 0 Å². The summed E-state index contributed by atoms with van der Waals surface area (Å²) in [6.07, 6.45) is 2.42. The van der Waals surface area contributed by atoms with Crippen LogP contribution in [0.25, 0.3) is 0 Å². The SMILES string of the molecule is CC1(N)CCC(F)CC1. The van der Waals surface area contributed by atoms with Gasteiger partial charge in [-0.3, -0.25) is 0 Å². The van der Waals surface area contributed by atoms with Crippen LogP contribution in [0.1, 0.15) is 32.6 Å². The van der Waals surface area contributed by atoms with Crippen molar-refractivity contribution in [1.82, 2.24) is 0 Å². The van der Waals surface area contributed by atoms with Gasteiger partial charge in [0.2, 0.25) is 0 Å². The summed E-state index contributed by atoms with van der Waals surface area (Å²) < 4.78 is 12.5. The second-order valence-electron chi connectivity index (χ2n) is 3.33. The Kier molecular flexibility index (Phi) is 1.75. The van der Waals surface area contributed by atoms with E-state index in [2.05, 4.69) is 0 Å². The number of alkyl halides is 1. The molecule has 2 heteroatoms. The fourth-order valence-corrected chi connectivity index (χ4v) is 1.24. The fraction of sp³-hybridized carbons (Fsp3) is 1.00. The van der Waals surface area contributed by atoms with Crippen LogP contribution in [-0.2, 0) is 0 Å². The molecule has 0 unspecified atom stereocenters. The Morgan fingerprint density at radius 2 is 1.89 bits per heavy atom. The van der Waals surface area contributed by atoms with E-state index in [9.17, 15) is 4.39 Å². The molecule has 2 N–H and O–H groups in total. The van der Waals surface area contributed by atoms with Crippen molar-refractivity contribution in [3.8, 4) is 0 Å². The molecule has 0 aliphatic heterocycles. The molecule has 1 nitrogen and oxygen atoms in total. The van der Waals surface area contributed by atoms with Crippen molar-refractivity contribution < 1.29 is 4.39 Å². The van der Waals surface area contributed by atoms with Gasteiger partial charge in [-0.05, 0) is 32.6 Å². The third-order valence-electron chi connectivity index (χ3n) is 2.06. The summed E-state index contributed by atoms with van der Waals surface area (Å²) in [6.45, 7) is 2.00. The molecule has 0 aromatic carbocycles. The summed E-state index contributed by atoms with van der Waals surface area (Å²) >= 11 is 0. The Morgan fingerprint density at radius 3 is 2.22 bits per heavy atom. The average molecular weight is 131 g/mol. The normalized spacial score (nSPS) is 45.0. The van der Waals surface area contributed by atoms with Crippen LogP contribution in [0.3, 0.4) is 0 Å². The number of halogens is 1. The summed E-state index contributed by atoms with van der Waals surface area (Å²) in [4.78, 5) is 0. The molecule has 0 atom stereocenters. The highest BCUT2D eigenvalue weighted by Gasteiger charge is 2.26. The molecule has 54 valence electrons. The van der Waals surface area contributed by atoms with E-state index in [1.807, 2.05) is 6.92 Å². The molecule has 0 saturated heterocycles. The summed E-state index contributed by atoms with van der Waals surface area (Å²) in [7, 11) is 0. The molecule has 1 saturated carbocycles. The van der Waals surface area contributed by atoms with Crippen molar-refractivity contribution in [2.45, 2.75) is 44.3 Å². The first-order valence-corrected chi connectivity index (χ1v) is 3.53. The molecule has 9 heavy (non-hydrogen) atoms. The zero-order chi connectivity index (χ0) is 6.91. The second kappa shape index (κ2) is 2.25. The lowest BCUT2D eigenvalue weighted by Crippen LogP contribution is -2.40. The zero-order valence-electron chi connectivity index (χ0n) is 5.86. The van der Waals surface area contributed by atoms with E-state index in [0.717, 1.165) is 12.8 Å². The van der Waals surface area contributed by atoms with Crippen LogP contribution in [0.15, 0.2) is 0 Å². The van der Waals surface area contributed by atoms with Gasteiger partial charge in [0, 0.05) is 5.54 Å². The average Bonchev–Trinajstić information content (AvgIpc) is 1.78. The Hall–Kier alpha value is -0.110. The maximum atomic E-state index is 12.5. The Balaban J connectivity index is 2.35. The highest BCUT2D eigenvalue weighted by Crippen LogP contribution is 2.26. The third-order valence-corrected chi connectivity index (χ3v) is 2.06. The quantitative estimate of drug-likeness (QED) is 0.531. The van der Waals surface area contributed by atoms with E-state index in [-0.39, 0.29) is 5.54 Å². The monoisotopic (exact) mass is 131 g/mol. The zero-order valence-corrected chi connectivity index (χ0v) is 5.86. The molecule has 1 aliphatic rings. The Bertz CT molecular complexity index is 91.1.